The molecular formula is C15H22N2O. The quantitative estimate of drug-likeness (QED) is 0.863. The number of benzene rings is 1. The van der Waals surface area contributed by atoms with Gasteiger partial charge in [0.2, 0.25) is 0 Å². The molecule has 0 bridgehead atoms. The molecule has 0 amide bonds. The van der Waals surface area contributed by atoms with E-state index in [4.69, 9.17) is 10.5 Å². The van der Waals surface area contributed by atoms with Gasteiger partial charge in [-0.1, -0.05) is 12.1 Å². The Labute approximate surface area is 109 Å². The van der Waals surface area contributed by atoms with E-state index >= 15 is 0 Å². The normalized spacial score (nSPS) is 24.4. The molecule has 0 unspecified atom stereocenters. The van der Waals surface area contributed by atoms with Crippen LogP contribution in [0.15, 0.2) is 24.3 Å². The summed E-state index contributed by atoms with van der Waals surface area (Å²) in [5, 5.41) is 0. The maximum Gasteiger partial charge on any atom is 0.119 e. The van der Waals surface area contributed by atoms with Crippen LogP contribution in [0.1, 0.15) is 24.8 Å². The highest BCUT2D eigenvalue weighted by atomic mass is 16.5. The highest BCUT2D eigenvalue weighted by Crippen LogP contribution is 2.29. The summed E-state index contributed by atoms with van der Waals surface area (Å²) in [6, 6.07) is 8.89. The van der Waals surface area contributed by atoms with Crippen molar-refractivity contribution < 1.29 is 4.74 Å². The minimum Gasteiger partial charge on any atom is -0.493 e. The van der Waals surface area contributed by atoms with Crippen molar-refractivity contribution in [1.82, 2.24) is 4.90 Å². The van der Waals surface area contributed by atoms with Gasteiger partial charge in [0.15, 0.2) is 0 Å². The number of hydrogen-bond donors (Lipinski definition) is 1. The lowest BCUT2D eigenvalue weighted by atomic mass is 10.2. The summed E-state index contributed by atoms with van der Waals surface area (Å²) < 4.78 is 5.74. The molecule has 1 heterocycles. The van der Waals surface area contributed by atoms with Crippen LogP contribution in [0.2, 0.25) is 0 Å². The van der Waals surface area contributed by atoms with E-state index in [1.54, 1.807) is 0 Å². The third-order valence-corrected chi connectivity index (χ3v) is 3.82. The molecule has 0 aromatic heterocycles. The van der Waals surface area contributed by atoms with E-state index in [1.807, 2.05) is 0 Å². The van der Waals surface area contributed by atoms with Crippen LogP contribution >= 0.6 is 0 Å². The molecule has 0 spiro atoms. The van der Waals surface area contributed by atoms with E-state index in [9.17, 15) is 0 Å². The monoisotopic (exact) mass is 246 g/mol. The van der Waals surface area contributed by atoms with Gasteiger partial charge < -0.3 is 10.5 Å². The van der Waals surface area contributed by atoms with Gasteiger partial charge in [-0.05, 0) is 42.9 Å². The minimum atomic E-state index is 0.367. The molecule has 1 aliphatic heterocycles. The second kappa shape index (κ2) is 5.29. The standard InChI is InChI=1S/C15H22N2O/c16-14-7-8-17(10-14)9-12-3-5-15(6-4-12)18-11-13-1-2-13/h3-6,13-14H,1-2,7-11,16H2/t14-/m0/s1. The molecule has 1 aromatic rings. The largest absolute Gasteiger partial charge is 0.493 e. The van der Waals surface area contributed by atoms with Crippen molar-refractivity contribution in [3.05, 3.63) is 29.8 Å². The Morgan fingerprint density at radius 1 is 1.17 bits per heavy atom. The van der Waals surface area contributed by atoms with Crippen molar-refractivity contribution >= 4 is 0 Å². The maximum atomic E-state index is 5.91. The van der Waals surface area contributed by atoms with Crippen LogP contribution in [0.4, 0.5) is 0 Å². The molecule has 1 atom stereocenters. The first-order valence-electron chi connectivity index (χ1n) is 6.99. The Bertz CT molecular complexity index is 386. The van der Waals surface area contributed by atoms with Crippen molar-refractivity contribution in [2.75, 3.05) is 19.7 Å². The molecule has 1 aromatic carbocycles. The van der Waals surface area contributed by atoms with E-state index in [1.165, 1.54) is 18.4 Å². The Morgan fingerprint density at radius 2 is 1.94 bits per heavy atom. The third kappa shape index (κ3) is 3.24. The maximum absolute atomic E-state index is 5.91. The third-order valence-electron chi connectivity index (χ3n) is 3.82. The summed E-state index contributed by atoms with van der Waals surface area (Å²) in [7, 11) is 0. The molecule has 18 heavy (non-hydrogen) atoms. The van der Waals surface area contributed by atoms with Crippen LogP contribution < -0.4 is 10.5 Å². The SMILES string of the molecule is N[C@H]1CCN(Cc2ccc(OCC3CC3)cc2)C1. The Kier molecular flexibility index (Phi) is 3.52. The second-order valence-corrected chi connectivity index (χ2v) is 5.68. The van der Waals surface area contributed by atoms with Crippen LogP contribution in [0.3, 0.4) is 0 Å². The zero-order chi connectivity index (χ0) is 12.4. The molecule has 2 fully saturated rings. The van der Waals surface area contributed by atoms with E-state index in [0.717, 1.165) is 44.3 Å². The number of nitrogens with zero attached hydrogens (tertiary/aromatic N) is 1. The summed E-state index contributed by atoms with van der Waals surface area (Å²) in [6.45, 7) is 4.05. The first-order chi connectivity index (χ1) is 8.79. The van der Waals surface area contributed by atoms with E-state index in [0.29, 0.717) is 6.04 Å². The molecule has 1 saturated heterocycles. The summed E-state index contributed by atoms with van der Waals surface area (Å²) in [5.41, 5.74) is 7.26. The van der Waals surface area contributed by atoms with Crippen molar-refractivity contribution in [1.29, 1.82) is 0 Å². The first-order valence-corrected chi connectivity index (χ1v) is 6.99. The molecule has 3 nitrogen and oxygen atoms in total. The number of nitrogens with two attached hydrogens (primary N) is 1. The van der Waals surface area contributed by atoms with Gasteiger partial charge in [-0.2, -0.15) is 0 Å². The molecule has 98 valence electrons. The first kappa shape index (κ1) is 12.0. The molecule has 1 saturated carbocycles. The van der Waals surface area contributed by atoms with Crippen LogP contribution in [-0.4, -0.2) is 30.6 Å². The Balaban J connectivity index is 1.50. The van der Waals surface area contributed by atoms with Gasteiger partial charge in [0.1, 0.15) is 5.75 Å². The van der Waals surface area contributed by atoms with Crippen LogP contribution in [0, 0.1) is 5.92 Å². The zero-order valence-electron chi connectivity index (χ0n) is 10.8. The molecule has 3 rings (SSSR count). The van der Waals surface area contributed by atoms with E-state index in [-0.39, 0.29) is 0 Å². The second-order valence-electron chi connectivity index (χ2n) is 5.68. The lowest BCUT2D eigenvalue weighted by Gasteiger charge is -2.15. The fourth-order valence-corrected chi connectivity index (χ4v) is 2.45. The lowest BCUT2D eigenvalue weighted by molar-refractivity contribution is 0.299. The van der Waals surface area contributed by atoms with Crippen molar-refractivity contribution in [2.45, 2.75) is 31.8 Å². The van der Waals surface area contributed by atoms with Gasteiger partial charge in [-0.3, -0.25) is 4.90 Å². The number of rotatable bonds is 5. The molecular weight excluding hydrogens is 224 g/mol. The van der Waals surface area contributed by atoms with E-state index < -0.39 is 0 Å². The fourth-order valence-electron chi connectivity index (χ4n) is 2.45. The van der Waals surface area contributed by atoms with E-state index in [2.05, 4.69) is 29.2 Å². The van der Waals surface area contributed by atoms with Crippen molar-refractivity contribution in [3.63, 3.8) is 0 Å². The van der Waals surface area contributed by atoms with Crippen LogP contribution in [-0.2, 0) is 6.54 Å². The number of hydrogen-bond acceptors (Lipinski definition) is 3. The smallest absolute Gasteiger partial charge is 0.119 e. The van der Waals surface area contributed by atoms with Gasteiger partial charge in [0.05, 0.1) is 6.61 Å². The number of ether oxygens (including phenoxy) is 1. The zero-order valence-corrected chi connectivity index (χ0v) is 10.8. The molecule has 2 N–H and O–H groups in total. The molecule has 3 heteroatoms. The van der Waals surface area contributed by atoms with Crippen molar-refractivity contribution in [3.8, 4) is 5.75 Å². The number of likely N-dealkylation sites (tertiary alicyclic amines) is 1. The van der Waals surface area contributed by atoms with Gasteiger partial charge in [0.25, 0.3) is 0 Å². The van der Waals surface area contributed by atoms with Gasteiger partial charge >= 0.3 is 0 Å². The molecule has 0 radical (unpaired) electrons. The van der Waals surface area contributed by atoms with Gasteiger partial charge in [-0.25, -0.2) is 0 Å². The highest BCUT2D eigenvalue weighted by molar-refractivity contribution is 5.27. The molecule has 1 aliphatic carbocycles. The average Bonchev–Trinajstić information content (AvgIpc) is 3.12. The lowest BCUT2D eigenvalue weighted by Crippen LogP contribution is -2.26. The van der Waals surface area contributed by atoms with Gasteiger partial charge in [0, 0.05) is 25.7 Å². The minimum absolute atomic E-state index is 0.367. The van der Waals surface area contributed by atoms with Crippen molar-refractivity contribution in [2.24, 2.45) is 11.7 Å². The predicted octanol–water partition coefficient (Wildman–Crippen LogP) is 2.01. The Morgan fingerprint density at radius 3 is 2.56 bits per heavy atom. The van der Waals surface area contributed by atoms with Crippen LogP contribution in [0.25, 0.3) is 0 Å². The summed E-state index contributed by atoms with van der Waals surface area (Å²) in [6.07, 6.45) is 3.81. The average molecular weight is 246 g/mol. The highest BCUT2D eigenvalue weighted by Gasteiger charge is 2.22. The molecule has 2 aliphatic rings. The summed E-state index contributed by atoms with van der Waals surface area (Å²) >= 11 is 0. The van der Waals surface area contributed by atoms with Gasteiger partial charge in [-0.15, -0.1) is 0 Å². The summed E-state index contributed by atoms with van der Waals surface area (Å²) in [5.74, 6) is 1.82. The summed E-state index contributed by atoms with van der Waals surface area (Å²) in [4.78, 5) is 2.42. The van der Waals surface area contributed by atoms with Crippen LogP contribution in [0.5, 0.6) is 5.75 Å². The predicted molar refractivity (Wildman–Crippen MR) is 72.5 cm³/mol. The Hall–Kier alpha value is -1.06. The topological polar surface area (TPSA) is 38.5 Å². The fraction of sp³-hybridized carbons (Fsp3) is 0.600.